The molecule has 22 heavy (non-hydrogen) atoms. The maximum atomic E-state index is 5.90. The van der Waals surface area contributed by atoms with Gasteiger partial charge in [-0.3, -0.25) is 9.89 Å². The Kier molecular flexibility index (Phi) is 10.2. The minimum absolute atomic E-state index is 0. The van der Waals surface area contributed by atoms with E-state index in [2.05, 4.69) is 42.9 Å². The van der Waals surface area contributed by atoms with E-state index in [1.165, 1.54) is 0 Å². The molecule has 1 aromatic rings. The minimum Gasteiger partial charge on any atom is -0.497 e. The summed E-state index contributed by atoms with van der Waals surface area (Å²) in [6, 6.07) is 8.61. The highest BCUT2D eigenvalue weighted by atomic mass is 127. The monoisotopic (exact) mass is 420 g/mol. The number of nitrogens with one attached hydrogen (secondary N) is 1. The van der Waals surface area contributed by atoms with Gasteiger partial charge in [0.15, 0.2) is 5.96 Å². The molecule has 0 heterocycles. The maximum Gasteiger partial charge on any atom is 0.193 e. The summed E-state index contributed by atoms with van der Waals surface area (Å²) in [5, 5.41) is 3.08. The van der Waals surface area contributed by atoms with E-state index in [-0.39, 0.29) is 24.0 Å². The molecule has 0 atom stereocenters. The summed E-state index contributed by atoms with van der Waals surface area (Å²) in [5.41, 5.74) is 6.81. The molecule has 3 N–H and O–H groups in total. The number of halogens is 1. The van der Waals surface area contributed by atoms with Gasteiger partial charge in [-0.25, -0.2) is 0 Å². The fourth-order valence-electron chi connectivity index (χ4n) is 2.26. The molecule has 0 bridgehead atoms. The predicted octanol–water partition coefficient (Wildman–Crippen LogP) is 3.16. The first-order valence-corrected chi connectivity index (χ1v) is 7.40. The Bertz CT molecular complexity index is 438. The smallest absolute Gasteiger partial charge is 0.193 e. The highest BCUT2D eigenvalue weighted by Gasteiger charge is 2.12. The molecule has 0 aromatic heterocycles. The van der Waals surface area contributed by atoms with E-state index in [4.69, 9.17) is 10.5 Å². The van der Waals surface area contributed by atoms with Gasteiger partial charge in [0, 0.05) is 24.3 Å². The molecule has 0 saturated heterocycles. The Labute approximate surface area is 151 Å². The van der Waals surface area contributed by atoms with Crippen LogP contribution < -0.4 is 15.8 Å². The number of benzene rings is 1. The number of hydrogen-bond donors (Lipinski definition) is 2. The van der Waals surface area contributed by atoms with Gasteiger partial charge in [0.05, 0.1) is 13.7 Å². The van der Waals surface area contributed by atoms with Crippen molar-refractivity contribution in [3.8, 4) is 5.75 Å². The van der Waals surface area contributed by atoms with Crippen molar-refractivity contribution in [1.29, 1.82) is 0 Å². The molecule has 5 nitrogen and oxygen atoms in total. The third kappa shape index (κ3) is 7.31. The van der Waals surface area contributed by atoms with Crippen molar-refractivity contribution < 1.29 is 4.74 Å². The van der Waals surface area contributed by atoms with Gasteiger partial charge < -0.3 is 15.8 Å². The van der Waals surface area contributed by atoms with Gasteiger partial charge in [-0.1, -0.05) is 0 Å². The van der Waals surface area contributed by atoms with Crippen molar-refractivity contribution in [1.82, 2.24) is 4.90 Å². The molecule has 0 spiro atoms. The van der Waals surface area contributed by atoms with Gasteiger partial charge >= 0.3 is 0 Å². The van der Waals surface area contributed by atoms with Crippen molar-refractivity contribution in [2.45, 2.75) is 39.8 Å². The number of nitrogens with two attached hydrogens (primary N) is 1. The number of ether oxygens (including phenoxy) is 1. The Morgan fingerprint density at radius 1 is 1.18 bits per heavy atom. The largest absolute Gasteiger partial charge is 0.497 e. The average Bonchev–Trinajstić information content (AvgIpc) is 2.43. The van der Waals surface area contributed by atoms with Crippen molar-refractivity contribution in [2.75, 3.05) is 25.5 Å². The van der Waals surface area contributed by atoms with Crippen LogP contribution in [0.25, 0.3) is 0 Å². The highest BCUT2D eigenvalue weighted by molar-refractivity contribution is 14.0. The fourth-order valence-corrected chi connectivity index (χ4v) is 2.26. The zero-order valence-corrected chi connectivity index (χ0v) is 16.5. The van der Waals surface area contributed by atoms with Gasteiger partial charge in [-0.15, -0.1) is 24.0 Å². The van der Waals surface area contributed by atoms with Crippen LogP contribution >= 0.6 is 24.0 Å². The van der Waals surface area contributed by atoms with Crippen LogP contribution in [0, 0.1) is 0 Å². The second-order valence-corrected chi connectivity index (χ2v) is 5.55. The highest BCUT2D eigenvalue weighted by Crippen LogP contribution is 2.14. The van der Waals surface area contributed by atoms with E-state index >= 15 is 0 Å². The molecule has 1 aromatic carbocycles. The van der Waals surface area contributed by atoms with Gasteiger partial charge in [-0.05, 0) is 52.0 Å². The molecule has 126 valence electrons. The van der Waals surface area contributed by atoms with Crippen LogP contribution in [-0.2, 0) is 0 Å². The van der Waals surface area contributed by atoms with Crippen LogP contribution in [0.1, 0.15) is 27.7 Å². The fraction of sp³-hybridized carbons (Fsp3) is 0.562. The van der Waals surface area contributed by atoms with Crippen molar-refractivity contribution in [2.24, 2.45) is 10.7 Å². The molecule has 1 rings (SSSR count). The van der Waals surface area contributed by atoms with E-state index in [0.29, 0.717) is 24.6 Å². The maximum absolute atomic E-state index is 5.90. The number of guanidine groups is 1. The number of methoxy groups -OCH3 is 1. The van der Waals surface area contributed by atoms with Crippen molar-refractivity contribution >= 4 is 35.6 Å². The molecule has 0 aliphatic rings. The topological polar surface area (TPSA) is 62.9 Å². The van der Waals surface area contributed by atoms with E-state index in [1.54, 1.807) is 7.11 Å². The second-order valence-electron chi connectivity index (χ2n) is 5.55. The molecular weight excluding hydrogens is 391 g/mol. The molecular formula is C16H29IN4O. The van der Waals surface area contributed by atoms with E-state index in [0.717, 1.165) is 18.0 Å². The summed E-state index contributed by atoms with van der Waals surface area (Å²) in [6.45, 7) is 10.4. The first-order chi connectivity index (χ1) is 9.93. The first-order valence-electron chi connectivity index (χ1n) is 7.40. The quantitative estimate of drug-likeness (QED) is 0.404. The molecule has 0 unspecified atom stereocenters. The Hall–Kier alpha value is -1.02. The normalized spacial score (nSPS) is 11.7. The summed E-state index contributed by atoms with van der Waals surface area (Å²) < 4.78 is 5.12. The molecule has 0 amide bonds. The van der Waals surface area contributed by atoms with E-state index in [9.17, 15) is 0 Å². The molecule has 0 radical (unpaired) electrons. The van der Waals surface area contributed by atoms with Crippen molar-refractivity contribution in [3.05, 3.63) is 24.3 Å². The van der Waals surface area contributed by atoms with Crippen LogP contribution in [-0.4, -0.2) is 43.1 Å². The van der Waals surface area contributed by atoms with Crippen molar-refractivity contribution in [3.63, 3.8) is 0 Å². The third-order valence-corrected chi connectivity index (χ3v) is 3.33. The number of rotatable bonds is 7. The van der Waals surface area contributed by atoms with Crippen LogP contribution in [0.2, 0.25) is 0 Å². The molecule has 0 aliphatic carbocycles. The first kappa shape index (κ1) is 21.0. The van der Waals surface area contributed by atoms with Gasteiger partial charge in [0.2, 0.25) is 0 Å². The predicted molar refractivity (Wildman–Crippen MR) is 105 cm³/mol. The zero-order valence-electron chi connectivity index (χ0n) is 14.2. The lowest BCUT2D eigenvalue weighted by Crippen LogP contribution is -2.39. The third-order valence-electron chi connectivity index (χ3n) is 3.33. The molecule has 0 fully saturated rings. The molecule has 0 aliphatic heterocycles. The van der Waals surface area contributed by atoms with E-state index in [1.807, 2.05) is 24.3 Å². The number of nitrogens with zero attached hydrogens (tertiary/aromatic N) is 2. The average molecular weight is 420 g/mol. The zero-order chi connectivity index (χ0) is 15.8. The summed E-state index contributed by atoms with van der Waals surface area (Å²) in [7, 11) is 1.65. The number of aliphatic imine (C=N–C) groups is 1. The lowest BCUT2D eigenvalue weighted by molar-refractivity contribution is 0.181. The molecule has 0 saturated carbocycles. The molecule has 6 heteroatoms. The van der Waals surface area contributed by atoms with Crippen LogP contribution in [0.5, 0.6) is 5.75 Å². The Balaban J connectivity index is 0.00000441. The van der Waals surface area contributed by atoms with Crippen LogP contribution in [0.15, 0.2) is 29.3 Å². The van der Waals surface area contributed by atoms with Gasteiger partial charge in [0.25, 0.3) is 0 Å². The van der Waals surface area contributed by atoms with Gasteiger partial charge in [0.1, 0.15) is 5.75 Å². The number of anilines is 1. The lowest BCUT2D eigenvalue weighted by atomic mass is 10.2. The Morgan fingerprint density at radius 2 is 1.73 bits per heavy atom. The second kappa shape index (κ2) is 10.7. The van der Waals surface area contributed by atoms with Crippen LogP contribution in [0.4, 0.5) is 5.69 Å². The number of hydrogen-bond acceptors (Lipinski definition) is 3. The minimum atomic E-state index is 0. The Morgan fingerprint density at radius 3 is 2.18 bits per heavy atom. The summed E-state index contributed by atoms with van der Waals surface area (Å²) in [5.74, 6) is 1.26. The SMILES string of the molecule is COc1ccc(NC(N)=NCCN(C(C)C)C(C)C)cc1.I. The van der Waals surface area contributed by atoms with Gasteiger partial charge in [-0.2, -0.15) is 0 Å². The summed E-state index contributed by atoms with van der Waals surface area (Å²) >= 11 is 0. The summed E-state index contributed by atoms with van der Waals surface area (Å²) in [6.07, 6.45) is 0. The lowest BCUT2D eigenvalue weighted by Gasteiger charge is -2.29. The standard InChI is InChI=1S/C16H28N4O.HI/c1-12(2)20(13(3)4)11-10-18-16(17)19-14-6-8-15(21-5)9-7-14;/h6-9,12-13H,10-11H2,1-5H3,(H3,17,18,19);1H. The van der Waals surface area contributed by atoms with E-state index < -0.39 is 0 Å². The van der Waals surface area contributed by atoms with Crippen LogP contribution in [0.3, 0.4) is 0 Å². The summed E-state index contributed by atoms with van der Waals surface area (Å²) in [4.78, 5) is 6.77.